The predicted octanol–water partition coefficient (Wildman–Crippen LogP) is 4.85. The summed E-state index contributed by atoms with van der Waals surface area (Å²) in [4.78, 5) is 9.44. The third-order valence-electron chi connectivity index (χ3n) is 7.16. The Morgan fingerprint density at radius 2 is 1.97 bits per heavy atom. The Balaban J connectivity index is 1.70. The Hall–Kier alpha value is -3.85. The van der Waals surface area contributed by atoms with E-state index in [9.17, 15) is 4.39 Å². The first-order valence-electron chi connectivity index (χ1n) is 12.1. The van der Waals surface area contributed by atoms with Gasteiger partial charge in [0.25, 0.3) is 0 Å². The van der Waals surface area contributed by atoms with Crippen LogP contribution in [0.15, 0.2) is 48.8 Å². The summed E-state index contributed by atoms with van der Waals surface area (Å²) in [6.45, 7) is 3.28. The number of pyridine rings is 2. The molecule has 0 spiro atoms. The molecule has 6 rings (SSSR count). The van der Waals surface area contributed by atoms with Crippen LogP contribution in [0.5, 0.6) is 5.88 Å². The normalized spacial score (nSPS) is 15.6. The lowest BCUT2D eigenvalue weighted by Gasteiger charge is -2.33. The Bertz CT molecular complexity index is 1550. The molecule has 1 fully saturated rings. The maximum absolute atomic E-state index is 14.5. The van der Waals surface area contributed by atoms with Gasteiger partial charge in [0.2, 0.25) is 5.88 Å². The van der Waals surface area contributed by atoms with Crippen molar-refractivity contribution in [3.05, 3.63) is 65.9 Å². The number of aryl methyl sites for hydroxylation is 2. The summed E-state index contributed by atoms with van der Waals surface area (Å²) in [5.41, 5.74) is 6.15. The molecule has 0 saturated carbocycles. The molecule has 0 bridgehead atoms. The Morgan fingerprint density at radius 3 is 2.69 bits per heavy atom. The van der Waals surface area contributed by atoms with Crippen LogP contribution in [0.1, 0.15) is 30.1 Å². The van der Waals surface area contributed by atoms with Crippen LogP contribution in [0.2, 0.25) is 0 Å². The second kappa shape index (κ2) is 8.98. The van der Waals surface area contributed by atoms with Crippen molar-refractivity contribution < 1.29 is 13.9 Å². The van der Waals surface area contributed by atoms with Crippen molar-refractivity contribution in [1.29, 1.82) is 0 Å². The first-order chi connectivity index (χ1) is 17.6. The summed E-state index contributed by atoms with van der Waals surface area (Å²) in [7, 11) is 3.50. The van der Waals surface area contributed by atoms with Gasteiger partial charge in [0.05, 0.1) is 35.6 Å². The molecule has 184 valence electrons. The first kappa shape index (κ1) is 22.6. The number of halogens is 1. The van der Waals surface area contributed by atoms with Gasteiger partial charge in [-0.15, -0.1) is 5.10 Å². The van der Waals surface area contributed by atoms with Gasteiger partial charge in [-0.1, -0.05) is 17.3 Å². The zero-order valence-electron chi connectivity index (χ0n) is 20.5. The lowest BCUT2D eigenvalue weighted by atomic mass is 9.86. The van der Waals surface area contributed by atoms with E-state index in [-0.39, 0.29) is 17.8 Å². The van der Waals surface area contributed by atoms with Crippen molar-refractivity contribution in [2.75, 3.05) is 20.3 Å². The number of nitrogens with zero attached hydrogens (tertiary/aromatic N) is 6. The molecule has 1 aromatic carbocycles. The molecular formula is C27H27FN6O2. The summed E-state index contributed by atoms with van der Waals surface area (Å²) < 4.78 is 30.0. The summed E-state index contributed by atoms with van der Waals surface area (Å²) in [5.74, 6) is 0.484. The molecule has 4 aromatic heterocycles. The zero-order valence-corrected chi connectivity index (χ0v) is 20.5. The van der Waals surface area contributed by atoms with E-state index in [0.29, 0.717) is 19.1 Å². The van der Waals surface area contributed by atoms with Crippen molar-refractivity contribution in [1.82, 2.24) is 29.5 Å². The minimum absolute atomic E-state index is 0.162. The van der Waals surface area contributed by atoms with Crippen LogP contribution in [0.4, 0.5) is 4.39 Å². The second-order valence-corrected chi connectivity index (χ2v) is 9.27. The Labute approximate surface area is 207 Å². The molecule has 9 heteroatoms. The monoisotopic (exact) mass is 486 g/mol. The van der Waals surface area contributed by atoms with Gasteiger partial charge in [0, 0.05) is 43.6 Å². The maximum atomic E-state index is 14.5. The van der Waals surface area contributed by atoms with Crippen LogP contribution in [0, 0.1) is 18.7 Å². The fourth-order valence-electron chi connectivity index (χ4n) is 5.60. The molecule has 8 nitrogen and oxygen atoms in total. The average Bonchev–Trinajstić information content (AvgIpc) is 3.41. The minimum Gasteiger partial charge on any atom is -0.479 e. The molecule has 1 unspecified atom stereocenters. The number of benzene rings is 1. The zero-order chi connectivity index (χ0) is 24.8. The lowest BCUT2D eigenvalue weighted by Crippen LogP contribution is -2.27. The van der Waals surface area contributed by atoms with Gasteiger partial charge in [-0.3, -0.25) is 4.98 Å². The van der Waals surface area contributed by atoms with E-state index in [1.807, 2.05) is 32.3 Å². The van der Waals surface area contributed by atoms with E-state index in [4.69, 9.17) is 14.5 Å². The van der Waals surface area contributed by atoms with Gasteiger partial charge >= 0.3 is 0 Å². The summed E-state index contributed by atoms with van der Waals surface area (Å²) in [6, 6.07) is 10.8. The lowest BCUT2D eigenvalue weighted by molar-refractivity contribution is 0.0552. The highest BCUT2D eigenvalue weighted by Crippen LogP contribution is 2.43. The van der Waals surface area contributed by atoms with Gasteiger partial charge in [0.1, 0.15) is 11.3 Å². The second-order valence-electron chi connectivity index (χ2n) is 9.27. The molecule has 0 amide bonds. The molecule has 0 N–H and O–H groups in total. The molecule has 5 heterocycles. The van der Waals surface area contributed by atoms with Gasteiger partial charge in [0.15, 0.2) is 0 Å². The number of aromatic nitrogens is 6. The minimum atomic E-state index is -0.259. The third kappa shape index (κ3) is 3.62. The maximum Gasteiger partial charge on any atom is 0.238 e. The van der Waals surface area contributed by atoms with Gasteiger partial charge in [-0.25, -0.2) is 14.1 Å². The van der Waals surface area contributed by atoms with Gasteiger partial charge in [-0.05, 0) is 55.5 Å². The van der Waals surface area contributed by atoms with Gasteiger partial charge in [-0.2, -0.15) is 0 Å². The summed E-state index contributed by atoms with van der Waals surface area (Å²) in [6.07, 6.45) is 5.32. The van der Waals surface area contributed by atoms with E-state index < -0.39 is 0 Å². The first-order valence-corrected chi connectivity index (χ1v) is 12.1. The third-order valence-corrected chi connectivity index (χ3v) is 7.16. The highest BCUT2D eigenvalue weighted by atomic mass is 19.1. The van der Waals surface area contributed by atoms with Crippen LogP contribution in [0.3, 0.4) is 0 Å². The van der Waals surface area contributed by atoms with E-state index in [1.54, 1.807) is 30.1 Å². The van der Waals surface area contributed by atoms with Crippen LogP contribution in [0.25, 0.3) is 33.2 Å². The van der Waals surface area contributed by atoms with Crippen molar-refractivity contribution in [2.24, 2.45) is 13.0 Å². The van der Waals surface area contributed by atoms with Crippen molar-refractivity contribution >= 4 is 21.9 Å². The van der Waals surface area contributed by atoms with Crippen molar-refractivity contribution in [3.8, 4) is 17.1 Å². The van der Waals surface area contributed by atoms with Crippen LogP contribution in [-0.2, 0) is 11.8 Å². The Morgan fingerprint density at radius 1 is 1.14 bits per heavy atom. The quantitative estimate of drug-likeness (QED) is 0.353. The van der Waals surface area contributed by atoms with E-state index in [2.05, 4.69) is 25.9 Å². The molecule has 1 aliphatic rings. The van der Waals surface area contributed by atoms with Crippen molar-refractivity contribution in [3.63, 3.8) is 0 Å². The van der Waals surface area contributed by atoms with E-state index in [0.717, 1.165) is 57.3 Å². The largest absolute Gasteiger partial charge is 0.479 e. The topological polar surface area (TPSA) is 79.9 Å². The molecule has 5 aromatic rings. The van der Waals surface area contributed by atoms with Crippen LogP contribution >= 0.6 is 0 Å². The predicted molar refractivity (Wildman–Crippen MR) is 134 cm³/mol. The molecule has 1 aliphatic heterocycles. The fourth-order valence-corrected chi connectivity index (χ4v) is 5.60. The summed E-state index contributed by atoms with van der Waals surface area (Å²) in [5, 5.41) is 9.34. The number of methoxy groups -OCH3 is 1. The number of fused-ring (bicyclic) bond motifs is 3. The van der Waals surface area contributed by atoms with Crippen LogP contribution < -0.4 is 4.74 Å². The number of hydrogen-bond acceptors (Lipinski definition) is 6. The van der Waals surface area contributed by atoms with Crippen molar-refractivity contribution in [2.45, 2.75) is 25.8 Å². The van der Waals surface area contributed by atoms with Gasteiger partial charge < -0.3 is 14.0 Å². The number of rotatable bonds is 5. The highest BCUT2D eigenvalue weighted by Gasteiger charge is 2.32. The average molecular weight is 487 g/mol. The molecule has 0 radical (unpaired) electrons. The fraction of sp³-hybridized carbons (Fsp3) is 0.333. The number of ether oxygens (including phenoxy) is 2. The number of hydrogen-bond donors (Lipinski definition) is 0. The summed E-state index contributed by atoms with van der Waals surface area (Å²) >= 11 is 0. The Kier molecular flexibility index (Phi) is 5.64. The van der Waals surface area contributed by atoms with Crippen LogP contribution in [-0.4, -0.2) is 49.9 Å². The highest BCUT2D eigenvalue weighted by molar-refractivity contribution is 6.08. The molecule has 36 heavy (non-hydrogen) atoms. The molecule has 1 saturated heterocycles. The van der Waals surface area contributed by atoms with E-state index in [1.165, 1.54) is 6.07 Å². The van der Waals surface area contributed by atoms with E-state index >= 15 is 0 Å². The standard InChI is InChI=1S/C27H27FN6O2/c1-16-24(33(2)32-31-16)19-14-22-23(30-15-19)21-7-10-29-27(35-3)26(21)34(22)25(17-8-11-36-12-9-17)18-5-4-6-20(28)13-18/h4-7,10,13-15,17,25H,8-9,11-12H2,1-3H3. The SMILES string of the molecule is COc1nccc2c3ncc(-c4c(C)nnn4C)cc3n(C(c3cccc(F)c3)C3CCOCC3)c12. The molecule has 1 atom stereocenters. The smallest absolute Gasteiger partial charge is 0.238 e. The molecule has 0 aliphatic carbocycles. The molecular weight excluding hydrogens is 459 g/mol.